The number of aromatic hydroxyl groups is 1. The first kappa shape index (κ1) is 16.8. The largest absolute Gasteiger partial charge is 0.505 e. The number of phenols is 1. The van der Waals surface area contributed by atoms with Gasteiger partial charge in [-0.3, -0.25) is 14.3 Å². The zero-order valence-corrected chi connectivity index (χ0v) is 14.0. The number of carbonyl (C=O) groups excluding carboxylic acids is 1. The maximum absolute atomic E-state index is 14.1. The molecule has 4 rings (SSSR count). The van der Waals surface area contributed by atoms with Crippen LogP contribution >= 0.6 is 0 Å². The van der Waals surface area contributed by atoms with Crippen LogP contribution in [-0.2, 0) is 0 Å². The highest BCUT2D eigenvalue weighted by Gasteiger charge is 2.22. The molecule has 1 N–H and O–H groups in total. The number of carbonyl (C=O) groups is 1. The predicted octanol–water partition coefficient (Wildman–Crippen LogP) is 3.34. The molecule has 8 heteroatoms. The molecule has 0 amide bonds. The molecule has 0 spiro atoms. The normalized spacial score (nSPS) is 11.1. The Morgan fingerprint density at radius 1 is 1.11 bits per heavy atom. The highest BCUT2D eigenvalue weighted by atomic mass is 19.1. The Labute approximate surface area is 151 Å². The minimum absolute atomic E-state index is 0.0275. The number of hydrogen-bond acceptors (Lipinski definition) is 5. The van der Waals surface area contributed by atoms with Crippen molar-refractivity contribution in [2.24, 2.45) is 0 Å². The number of nitrogens with zero attached hydrogens (tertiary/aromatic N) is 4. The molecule has 134 valence electrons. The third-order valence-electron chi connectivity index (χ3n) is 4.16. The van der Waals surface area contributed by atoms with Gasteiger partial charge in [0.1, 0.15) is 11.6 Å². The van der Waals surface area contributed by atoms with Crippen molar-refractivity contribution in [2.75, 3.05) is 0 Å². The third kappa shape index (κ3) is 2.80. The Kier molecular flexibility index (Phi) is 3.88. The Hall–Kier alpha value is -3.68. The third-order valence-corrected chi connectivity index (χ3v) is 4.16. The van der Waals surface area contributed by atoms with Crippen LogP contribution < -0.4 is 0 Å². The van der Waals surface area contributed by atoms with E-state index in [1.54, 1.807) is 36.1 Å². The first-order valence-electron chi connectivity index (χ1n) is 7.94. The summed E-state index contributed by atoms with van der Waals surface area (Å²) in [5.74, 6) is -2.83. The zero-order valence-electron chi connectivity index (χ0n) is 14.0. The van der Waals surface area contributed by atoms with Gasteiger partial charge in [0, 0.05) is 18.0 Å². The van der Waals surface area contributed by atoms with E-state index < -0.39 is 28.7 Å². The number of phenolic OH excluding ortho intramolecular Hbond substituents is 1. The molecule has 6 nitrogen and oxygen atoms in total. The van der Waals surface area contributed by atoms with Gasteiger partial charge in [-0.15, -0.1) is 0 Å². The van der Waals surface area contributed by atoms with Crippen molar-refractivity contribution >= 4 is 16.8 Å². The predicted molar refractivity (Wildman–Crippen MR) is 92.9 cm³/mol. The van der Waals surface area contributed by atoms with E-state index in [1.807, 2.05) is 0 Å². The molecule has 2 aromatic carbocycles. The van der Waals surface area contributed by atoms with Crippen LogP contribution in [0.15, 0.2) is 48.9 Å². The topological polar surface area (TPSA) is 80.9 Å². The number of imidazole rings is 1. The number of rotatable bonds is 3. The summed E-state index contributed by atoms with van der Waals surface area (Å²) in [4.78, 5) is 25.5. The molecule has 0 radical (unpaired) electrons. The molecule has 0 saturated carbocycles. The van der Waals surface area contributed by atoms with Gasteiger partial charge in [0.25, 0.3) is 0 Å². The van der Waals surface area contributed by atoms with Gasteiger partial charge in [0.05, 0.1) is 22.8 Å². The van der Waals surface area contributed by atoms with Crippen LogP contribution in [-0.4, -0.2) is 30.4 Å². The van der Waals surface area contributed by atoms with Crippen LogP contribution in [0.3, 0.4) is 0 Å². The molecule has 2 heterocycles. The SMILES string of the molecule is Cc1nccn1-c1cnc2ccc(C(=O)c3c(F)ccc(O)c3F)cc2n1. The number of aromatic nitrogens is 4. The van der Waals surface area contributed by atoms with E-state index in [9.17, 15) is 18.7 Å². The first-order chi connectivity index (χ1) is 13.0. The molecule has 0 aliphatic carbocycles. The summed E-state index contributed by atoms with van der Waals surface area (Å²) in [5.41, 5.74) is 0.112. The van der Waals surface area contributed by atoms with Gasteiger partial charge in [0.15, 0.2) is 23.2 Å². The lowest BCUT2D eigenvalue weighted by atomic mass is 10.0. The van der Waals surface area contributed by atoms with Crippen molar-refractivity contribution in [2.45, 2.75) is 6.92 Å². The second-order valence-corrected chi connectivity index (χ2v) is 5.86. The summed E-state index contributed by atoms with van der Waals surface area (Å²) in [7, 11) is 0. The van der Waals surface area contributed by atoms with Crippen LogP contribution in [0.5, 0.6) is 5.75 Å². The van der Waals surface area contributed by atoms with E-state index in [0.29, 0.717) is 22.7 Å². The van der Waals surface area contributed by atoms with Gasteiger partial charge >= 0.3 is 0 Å². The van der Waals surface area contributed by atoms with E-state index in [1.165, 1.54) is 12.1 Å². The lowest BCUT2D eigenvalue weighted by Gasteiger charge is -2.08. The molecule has 2 aromatic heterocycles. The van der Waals surface area contributed by atoms with Crippen molar-refractivity contribution in [1.29, 1.82) is 0 Å². The number of halogens is 2. The number of aryl methyl sites for hydroxylation is 1. The number of fused-ring (bicyclic) bond motifs is 1. The average Bonchev–Trinajstić information content (AvgIpc) is 3.10. The zero-order chi connectivity index (χ0) is 19.1. The molecule has 0 atom stereocenters. The molecular weight excluding hydrogens is 354 g/mol. The molecule has 0 saturated heterocycles. The quantitative estimate of drug-likeness (QED) is 0.563. The molecular formula is C19H12F2N4O2. The van der Waals surface area contributed by atoms with E-state index in [4.69, 9.17) is 0 Å². The Balaban J connectivity index is 1.83. The van der Waals surface area contributed by atoms with Crippen LogP contribution in [0.25, 0.3) is 16.9 Å². The van der Waals surface area contributed by atoms with E-state index in [-0.39, 0.29) is 5.56 Å². The monoisotopic (exact) mass is 366 g/mol. The van der Waals surface area contributed by atoms with E-state index >= 15 is 0 Å². The molecule has 0 unspecified atom stereocenters. The van der Waals surface area contributed by atoms with Crippen molar-refractivity contribution in [1.82, 2.24) is 19.5 Å². The van der Waals surface area contributed by atoms with Crippen molar-refractivity contribution in [3.05, 3.63) is 77.5 Å². The van der Waals surface area contributed by atoms with Crippen LogP contribution in [0, 0.1) is 18.6 Å². The fraction of sp³-hybridized carbons (Fsp3) is 0.0526. The first-order valence-corrected chi connectivity index (χ1v) is 7.94. The van der Waals surface area contributed by atoms with Crippen molar-refractivity contribution in [3.63, 3.8) is 0 Å². The van der Waals surface area contributed by atoms with Gasteiger partial charge in [-0.25, -0.2) is 18.7 Å². The Morgan fingerprint density at radius 2 is 1.93 bits per heavy atom. The fourth-order valence-corrected chi connectivity index (χ4v) is 2.77. The number of benzene rings is 2. The van der Waals surface area contributed by atoms with E-state index in [2.05, 4.69) is 15.0 Å². The van der Waals surface area contributed by atoms with Gasteiger partial charge in [0.2, 0.25) is 0 Å². The second-order valence-electron chi connectivity index (χ2n) is 5.86. The summed E-state index contributed by atoms with van der Waals surface area (Å²) in [5, 5.41) is 9.44. The summed E-state index contributed by atoms with van der Waals surface area (Å²) >= 11 is 0. The molecule has 0 bridgehead atoms. The minimum atomic E-state index is -1.30. The molecule has 4 aromatic rings. The lowest BCUT2D eigenvalue weighted by molar-refractivity contribution is 0.103. The average molecular weight is 366 g/mol. The summed E-state index contributed by atoms with van der Waals surface area (Å²) in [6.07, 6.45) is 4.90. The second kappa shape index (κ2) is 6.24. The summed E-state index contributed by atoms with van der Waals surface area (Å²) in [6, 6.07) is 6.05. The maximum atomic E-state index is 14.1. The molecule has 0 aliphatic heterocycles. The van der Waals surface area contributed by atoms with Crippen molar-refractivity contribution in [3.8, 4) is 11.6 Å². The minimum Gasteiger partial charge on any atom is -0.505 e. The fourth-order valence-electron chi connectivity index (χ4n) is 2.77. The molecule has 0 fully saturated rings. The van der Waals surface area contributed by atoms with Crippen LogP contribution in [0.2, 0.25) is 0 Å². The van der Waals surface area contributed by atoms with E-state index in [0.717, 1.165) is 12.1 Å². The molecule has 27 heavy (non-hydrogen) atoms. The highest BCUT2D eigenvalue weighted by molar-refractivity contribution is 6.10. The lowest BCUT2D eigenvalue weighted by Crippen LogP contribution is -2.08. The standard InChI is InChI=1S/C19H12F2N4O2/c1-10-22-6-7-25(10)16-9-23-13-4-2-11(8-14(13)24-16)19(27)17-12(20)3-5-15(26)18(17)21/h2-9,26H,1H3. The molecule has 0 aliphatic rings. The van der Waals surface area contributed by atoms with Gasteiger partial charge in [-0.05, 0) is 37.3 Å². The van der Waals surface area contributed by atoms with Crippen LogP contribution in [0.4, 0.5) is 8.78 Å². The van der Waals surface area contributed by atoms with Gasteiger partial charge < -0.3 is 5.11 Å². The van der Waals surface area contributed by atoms with Crippen LogP contribution in [0.1, 0.15) is 21.7 Å². The maximum Gasteiger partial charge on any atom is 0.199 e. The van der Waals surface area contributed by atoms with Gasteiger partial charge in [-0.2, -0.15) is 0 Å². The summed E-state index contributed by atoms with van der Waals surface area (Å²) in [6.45, 7) is 1.80. The Bertz CT molecular complexity index is 1200. The smallest absolute Gasteiger partial charge is 0.199 e. The number of hydrogen-bond donors (Lipinski definition) is 1. The summed E-state index contributed by atoms with van der Waals surface area (Å²) < 4.78 is 29.7. The van der Waals surface area contributed by atoms with Crippen molar-refractivity contribution < 1.29 is 18.7 Å². The van der Waals surface area contributed by atoms with Gasteiger partial charge in [-0.1, -0.05) is 0 Å². The number of ketones is 1. The highest BCUT2D eigenvalue weighted by Crippen LogP contribution is 2.25. The Morgan fingerprint density at radius 3 is 2.67 bits per heavy atom.